The maximum absolute atomic E-state index is 12.5. The van der Waals surface area contributed by atoms with Crippen LogP contribution in [0.4, 0.5) is 5.69 Å². The number of amides is 1. The minimum absolute atomic E-state index is 0.0430. The number of hydrogen-bond donors (Lipinski definition) is 1. The summed E-state index contributed by atoms with van der Waals surface area (Å²) in [6.07, 6.45) is 3.25. The fourth-order valence-electron chi connectivity index (χ4n) is 2.26. The Bertz CT molecular complexity index is 911. The maximum Gasteiger partial charge on any atom is 0.266 e. The molecule has 0 aliphatic rings. The summed E-state index contributed by atoms with van der Waals surface area (Å²) >= 11 is 2.16. The van der Waals surface area contributed by atoms with Crippen LogP contribution in [-0.4, -0.2) is 12.5 Å². The molecule has 2 aromatic carbocycles. The van der Waals surface area contributed by atoms with Crippen molar-refractivity contribution < 1.29 is 9.53 Å². The second kappa shape index (κ2) is 9.20. The van der Waals surface area contributed by atoms with Crippen molar-refractivity contribution in [1.29, 1.82) is 5.26 Å². The van der Waals surface area contributed by atoms with Gasteiger partial charge >= 0.3 is 0 Å². The fourth-order valence-corrected chi connectivity index (χ4v) is 2.96. The Morgan fingerprint density at radius 3 is 2.77 bits per heavy atom. The van der Waals surface area contributed by atoms with Gasteiger partial charge in [0.25, 0.3) is 5.91 Å². The number of anilines is 1. The van der Waals surface area contributed by atoms with E-state index in [9.17, 15) is 10.1 Å². The van der Waals surface area contributed by atoms with Crippen molar-refractivity contribution in [3.05, 3.63) is 74.9 Å². The van der Waals surface area contributed by atoms with E-state index in [0.717, 1.165) is 26.0 Å². The number of nitrogens with zero attached hydrogens (tertiary/aromatic N) is 1. The Kier molecular flexibility index (Phi) is 6.98. The zero-order chi connectivity index (χ0) is 19.1. The highest BCUT2D eigenvalue weighted by molar-refractivity contribution is 14.1. The minimum Gasteiger partial charge on any atom is -0.488 e. The second-order valence-corrected chi connectivity index (χ2v) is 6.82. The molecule has 0 bridgehead atoms. The Hall–Kier alpha value is -2.59. The van der Waals surface area contributed by atoms with Crippen molar-refractivity contribution in [2.24, 2.45) is 0 Å². The average molecular weight is 458 g/mol. The molecular formula is C21H19IN2O2. The number of rotatable bonds is 6. The Morgan fingerprint density at radius 1 is 1.35 bits per heavy atom. The quantitative estimate of drug-likeness (QED) is 0.286. The van der Waals surface area contributed by atoms with Crippen LogP contribution in [0.5, 0.6) is 5.75 Å². The molecule has 0 saturated carbocycles. The lowest BCUT2D eigenvalue weighted by Crippen LogP contribution is -2.14. The van der Waals surface area contributed by atoms with Gasteiger partial charge < -0.3 is 10.1 Å². The number of aryl methyl sites for hydroxylation is 1. The lowest BCUT2D eigenvalue weighted by molar-refractivity contribution is -0.112. The first-order valence-corrected chi connectivity index (χ1v) is 9.06. The number of ether oxygens (including phenoxy) is 1. The summed E-state index contributed by atoms with van der Waals surface area (Å²) < 4.78 is 6.43. The largest absolute Gasteiger partial charge is 0.488 e. The number of hydrogen-bond acceptors (Lipinski definition) is 3. The third kappa shape index (κ3) is 4.96. The van der Waals surface area contributed by atoms with Gasteiger partial charge in [0.15, 0.2) is 0 Å². The number of halogens is 1. The van der Waals surface area contributed by atoms with Crippen LogP contribution in [0.1, 0.15) is 16.7 Å². The zero-order valence-corrected chi connectivity index (χ0v) is 16.8. The van der Waals surface area contributed by atoms with Gasteiger partial charge in [0, 0.05) is 5.69 Å². The number of benzene rings is 2. The summed E-state index contributed by atoms with van der Waals surface area (Å²) in [4.78, 5) is 12.5. The summed E-state index contributed by atoms with van der Waals surface area (Å²) in [5.74, 6) is 0.309. The zero-order valence-electron chi connectivity index (χ0n) is 14.7. The van der Waals surface area contributed by atoms with Crippen LogP contribution in [0.3, 0.4) is 0 Å². The van der Waals surface area contributed by atoms with Crippen molar-refractivity contribution in [1.82, 2.24) is 0 Å². The number of nitrogens with one attached hydrogen (secondary N) is 1. The number of carbonyl (C=O) groups excluding carboxylic acids is 1. The first kappa shape index (κ1) is 19.7. The molecule has 0 aromatic heterocycles. The van der Waals surface area contributed by atoms with Crippen molar-refractivity contribution in [3.8, 4) is 11.8 Å². The van der Waals surface area contributed by atoms with Crippen LogP contribution in [0.25, 0.3) is 6.08 Å². The van der Waals surface area contributed by atoms with Gasteiger partial charge in [-0.15, -0.1) is 0 Å². The highest BCUT2D eigenvalue weighted by Gasteiger charge is 2.12. The maximum atomic E-state index is 12.5. The highest BCUT2D eigenvalue weighted by Crippen LogP contribution is 2.24. The summed E-state index contributed by atoms with van der Waals surface area (Å²) in [5, 5.41) is 12.2. The van der Waals surface area contributed by atoms with Crippen LogP contribution in [0.15, 0.2) is 54.6 Å². The van der Waals surface area contributed by atoms with Crippen molar-refractivity contribution in [2.45, 2.75) is 13.8 Å². The van der Waals surface area contributed by atoms with Crippen molar-refractivity contribution in [3.63, 3.8) is 0 Å². The van der Waals surface area contributed by atoms with Crippen molar-refractivity contribution >= 4 is 40.3 Å². The standard InChI is InChI=1S/C21H19IN2O2/c1-4-10-26-20-9-8-16(12-18(20)22)11-17(13-23)21(25)24-19-7-5-6-14(2)15(19)3/h4-9,11-12H,1,10H2,2-3H3,(H,24,25)/b17-11+. The molecule has 2 aromatic rings. The highest BCUT2D eigenvalue weighted by atomic mass is 127. The van der Waals surface area contributed by atoms with E-state index in [1.54, 1.807) is 12.2 Å². The Morgan fingerprint density at radius 2 is 2.12 bits per heavy atom. The molecule has 0 aliphatic carbocycles. The van der Waals surface area contributed by atoms with E-state index in [1.165, 1.54) is 0 Å². The van der Waals surface area contributed by atoms with Gasteiger partial charge in [0.05, 0.1) is 3.57 Å². The average Bonchev–Trinajstić information content (AvgIpc) is 2.62. The van der Waals surface area contributed by atoms with Crippen LogP contribution in [-0.2, 0) is 4.79 Å². The number of carbonyl (C=O) groups is 1. The minimum atomic E-state index is -0.428. The molecule has 4 nitrogen and oxygen atoms in total. The summed E-state index contributed by atoms with van der Waals surface area (Å²) in [6, 6.07) is 13.1. The van der Waals surface area contributed by atoms with E-state index >= 15 is 0 Å². The van der Waals surface area contributed by atoms with E-state index in [-0.39, 0.29) is 5.57 Å². The van der Waals surface area contributed by atoms with Gasteiger partial charge in [-0.3, -0.25) is 4.79 Å². The second-order valence-electron chi connectivity index (χ2n) is 5.66. The molecule has 0 spiro atoms. The molecule has 0 fully saturated rings. The van der Waals surface area contributed by atoms with Crippen LogP contribution < -0.4 is 10.1 Å². The molecule has 0 atom stereocenters. The molecule has 26 heavy (non-hydrogen) atoms. The lowest BCUT2D eigenvalue weighted by atomic mass is 10.1. The van der Waals surface area contributed by atoms with Crippen LogP contribution >= 0.6 is 22.6 Å². The topological polar surface area (TPSA) is 62.1 Å². The third-order valence-electron chi connectivity index (χ3n) is 3.84. The third-order valence-corrected chi connectivity index (χ3v) is 4.68. The molecule has 1 N–H and O–H groups in total. The van der Waals surface area contributed by atoms with E-state index in [2.05, 4.69) is 34.5 Å². The smallest absolute Gasteiger partial charge is 0.266 e. The van der Waals surface area contributed by atoms with E-state index < -0.39 is 5.91 Å². The summed E-state index contributed by atoms with van der Waals surface area (Å²) in [7, 11) is 0. The molecule has 0 heterocycles. The Balaban J connectivity index is 2.23. The van der Waals surface area contributed by atoms with E-state index in [0.29, 0.717) is 12.3 Å². The SMILES string of the molecule is C=CCOc1ccc(/C=C(\C#N)C(=O)Nc2cccc(C)c2C)cc1I. The van der Waals surface area contributed by atoms with E-state index in [4.69, 9.17) is 4.74 Å². The molecule has 0 saturated heterocycles. The molecule has 0 aliphatic heterocycles. The summed E-state index contributed by atoms with van der Waals surface area (Å²) in [6.45, 7) is 7.96. The lowest BCUT2D eigenvalue weighted by Gasteiger charge is -2.10. The van der Waals surface area contributed by atoms with Gasteiger partial charge in [-0.2, -0.15) is 5.26 Å². The van der Waals surface area contributed by atoms with Crippen LogP contribution in [0.2, 0.25) is 0 Å². The molecule has 132 valence electrons. The molecule has 2 rings (SSSR count). The first-order chi connectivity index (χ1) is 12.5. The van der Waals surface area contributed by atoms with Crippen LogP contribution in [0, 0.1) is 28.7 Å². The van der Waals surface area contributed by atoms with E-state index in [1.807, 2.05) is 56.3 Å². The number of nitriles is 1. The first-order valence-electron chi connectivity index (χ1n) is 7.99. The van der Waals surface area contributed by atoms with Gasteiger partial charge in [0.1, 0.15) is 24.0 Å². The Labute approximate surface area is 167 Å². The fraction of sp³-hybridized carbons (Fsp3) is 0.143. The van der Waals surface area contributed by atoms with Gasteiger partial charge in [-0.05, 0) is 77.4 Å². The van der Waals surface area contributed by atoms with Gasteiger partial charge in [-0.25, -0.2) is 0 Å². The normalized spacial score (nSPS) is 10.8. The molecular weight excluding hydrogens is 439 g/mol. The molecule has 5 heteroatoms. The monoisotopic (exact) mass is 458 g/mol. The van der Waals surface area contributed by atoms with Crippen molar-refractivity contribution in [2.75, 3.05) is 11.9 Å². The summed E-state index contributed by atoms with van der Waals surface area (Å²) in [5.41, 5.74) is 3.57. The van der Waals surface area contributed by atoms with Gasteiger partial charge in [0.2, 0.25) is 0 Å². The predicted molar refractivity (Wildman–Crippen MR) is 113 cm³/mol. The molecule has 0 radical (unpaired) electrons. The molecule has 0 unspecified atom stereocenters. The van der Waals surface area contributed by atoms with Gasteiger partial charge in [-0.1, -0.05) is 30.9 Å². The predicted octanol–water partition coefficient (Wildman–Crippen LogP) is 5.02. The molecule has 1 amide bonds.